The zero-order valence-corrected chi connectivity index (χ0v) is 11.7. The Kier molecular flexibility index (Phi) is 3.71. The molecular weight excluding hydrogens is 264 g/mol. The summed E-state index contributed by atoms with van der Waals surface area (Å²) in [6.45, 7) is 0. The molecule has 0 aliphatic heterocycles. The van der Waals surface area contributed by atoms with Crippen LogP contribution in [0.15, 0.2) is 29.1 Å². The van der Waals surface area contributed by atoms with Crippen molar-refractivity contribution in [1.29, 1.82) is 0 Å². The number of ether oxygens (including phenoxy) is 2. The highest BCUT2D eigenvalue weighted by Crippen LogP contribution is 2.37. The van der Waals surface area contributed by atoms with Crippen molar-refractivity contribution in [3.63, 3.8) is 0 Å². The summed E-state index contributed by atoms with van der Waals surface area (Å²) < 4.78 is 12.7. The summed E-state index contributed by atoms with van der Waals surface area (Å²) in [6.07, 6.45) is 0. The van der Waals surface area contributed by atoms with Gasteiger partial charge in [-0.1, -0.05) is 6.07 Å². The fraction of sp³-hybridized carbons (Fsp3) is 0.231. The minimum Gasteiger partial charge on any atom is -0.496 e. The molecule has 0 aliphatic rings. The molecular formula is C13H14N2O3S. The van der Waals surface area contributed by atoms with Crippen LogP contribution in [0.5, 0.6) is 11.5 Å². The lowest BCUT2D eigenvalue weighted by molar-refractivity contribution is 0.396. The third-order valence-electron chi connectivity index (χ3n) is 2.85. The number of nitrogens with zero attached hydrogens (tertiary/aromatic N) is 1. The largest absolute Gasteiger partial charge is 0.496 e. The molecule has 2 rings (SSSR count). The predicted octanol–water partition coefficient (Wildman–Crippen LogP) is 2.13. The van der Waals surface area contributed by atoms with Gasteiger partial charge < -0.3 is 14.0 Å². The molecule has 0 radical (unpaired) electrons. The molecule has 0 amide bonds. The number of aromatic nitrogens is 2. The smallest absolute Gasteiger partial charge is 0.252 e. The molecule has 1 aromatic carbocycles. The Balaban J connectivity index is 2.85. The molecule has 0 fully saturated rings. The van der Waals surface area contributed by atoms with Crippen molar-refractivity contribution < 1.29 is 9.47 Å². The maximum Gasteiger partial charge on any atom is 0.252 e. The molecule has 0 unspecified atom stereocenters. The number of H-pyrrole nitrogens is 1. The molecule has 0 saturated carbocycles. The highest BCUT2D eigenvalue weighted by molar-refractivity contribution is 7.71. The van der Waals surface area contributed by atoms with Gasteiger partial charge in [0, 0.05) is 13.1 Å². The average Bonchev–Trinajstić information content (AvgIpc) is 2.41. The summed E-state index contributed by atoms with van der Waals surface area (Å²) in [5, 5.41) is 0. The Bertz CT molecular complexity index is 696. The summed E-state index contributed by atoms with van der Waals surface area (Å²) >= 11 is 5.11. The van der Waals surface area contributed by atoms with E-state index in [0.29, 0.717) is 27.5 Å². The minimum atomic E-state index is -0.258. The molecule has 5 nitrogen and oxygen atoms in total. The molecule has 1 aromatic heterocycles. The van der Waals surface area contributed by atoms with Gasteiger partial charge in [0.2, 0.25) is 0 Å². The van der Waals surface area contributed by atoms with Gasteiger partial charge >= 0.3 is 0 Å². The first-order valence-electron chi connectivity index (χ1n) is 5.60. The Morgan fingerprint density at radius 2 is 1.79 bits per heavy atom. The van der Waals surface area contributed by atoms with Gasteiger partial charge in [-0.25, -0.2) is 0 Å². The van der Waals surface area contributed by atoms with Crippen LogP contribution < -0.4 is 15.0 Å². The molecule has 100 valence electrons. The molecule has 1 heterocycles. The average molecular weight is 278 g/mol. The van der Waals surface area contributed by atoms with E-state index < -0.39 is 0 Å². The van der Waals surface area contributed by atoms with Crippen molar-refractivity contribution in [2.45, 2.75) is 0 Å². The predicted molar refractivity (Wildman–Crippen MR) is 75.4 cm³/mol. The van der Waals surface area contributed by atoms with Crippen molar-refractivity contribution in [2.75, 3.05) is 14.2 Å². The third kappa shape index (κ3) is 2.39. The second-order valence-corrected chi connectivity index (χ2v) is 4.31. The summed E-state index contributed by atoms with van der Waals surface area (Å²) in [6, 6.07) is 6.91. The first-order chi connectivity index (χ1) is 9.08. The van der Waals surface area contributed by atoms with E-state index in [4.69, 9.17) is 21.7 Å². The van der Waals surface area contributed by atoms with Crippen molar-refractivity contribution in [2.24, 2.45) is 7.05 Å². The first kappa shape index (κ1) is 13.4. The van der Waals surface area contributed by atoms with E-state index in [1.807, 2.05) is 18.2 Å². The highest BCUT2D eigenvalue weighted by Gasteiger charge is 2.15. The topological polar surface area (TPSA) is 56.2 Å². The van der Waals surface area contributed by atoms with Crippen molar-refractivity contribution >= 4 is 12.2 Å². The molecule has 6 heteroatoms. The molecule has 0 atom stereocenters. The summed E-state index contributed by atoms with van der Waals surface area (Å²) in [5.74, 6) is 1.24. The van der Waals surface area contributed by atoms with Gasteiger partial charge in [0.05, 0.1) is 25.5 Å². The van der Waals surface area contributed by atoms with Crippen LogP contribution in [0.2, 0.25) is 0 Å². The third-order valence-corrected chi connectivity index (χ3v) is 3.22. The summed E-state index contributed by atoms with van der Waals surface area (Å²) in [4.78, 5) is 14.2. The van der Waals surface area contributed by atoms with Crippen LogP contribution >= 0.6 is 12.2 Å². The summed E-state index contributed by atoms with van der Waals surface area (Å²) in [7, 11) is 4.92. The quantitative estimate of drug-likeness (QED) is 0.874. The van der Waals surface area contributed by atoms with Crippen molar-refractivity contribution in [1.82, 2.24) is 9.55 Å². The Labute approximate surface area is 115 Å². The number of hydrogen-bond acceptors (Lipinski definition) is 4. The van der Waals surface area contributed by atoms with E-state index >= 15 is 0 Å². The van der Waals surface area contributed by atoms with Crippen molar-refractivity contribution in [3.05, 3.63) is 39.4 Å². The van der Waals surface area contributed by atoms with E-state index in [9.17, 15) is 4.79 Å². The van der Waals surface area contributed by atoms with Gasteiger partial charge in [-0.15, -0.1) is 0 Å². The monoisotopic (exact) mass is 278 g/mol. The SMILES string of the molecule is COc1cccc(OC)c1-c1cc(=O)[nH]c(=S)n1C. The van der Waals surface area contributed by atoms with Crippen LogP contribution in [0.4, 0.5) is 0 Å². The molecule has 1 N–H and O–H groups in total. The normalized spacial score (nSPS) is 10.3. The molecule has 0 aliphatic carbocycles. The van der Waals surface area contributed by atoms with Gasteiger partial charge in [0.1, 0.15) is 11.5 Å². The van der Waals surface area contributed by atoms with Crippen LogP contribution in [-0.2, 0) is 7.05 Å². The Hall–Kier alpha value is -2.08. The van der Waals surface area contributed by atoms with Gasteiger partial charge in [-0.05, 0) is 24.4 Å². The van der Waals surface area contributed by atoms with E-state index in [1.54, 1.807) is 25.8 Å². The van der Waals surface area contributed by atoms with E-state index in [0.717, 1.165) is 0 Å². The van der Waals surface area contributed by atoms with Crippen molar-refractivity contribution in [3.8, 4) is 22.8 Å². The molecule has 0 saturated heterocycles. The summed E-state index contributed by atoms with van der Waals surface area (Å²) in [5.41, 5.74) is 1.08. The van der Waals surface area contributed by atoms with Gasteiger partial charge in [-0.3, -0.25) is 9.78 Å². The fourth-order valence-corrected chi connectivity index (χ4v) is 2.10. The van der Waals surface area contributed by atoms with Crippen LogP contribution in [0.25, 0.3) is 11.3 Å². The van der Waals surface area contributed by atoms with Crippen LogP contribution in [0.3, 0.4) is 0 Å². The van der Waals surface area contributed by atoms with Crippen LogP contribution in [-0.4, -0.2) is 23.8 Å². The van der Waals surface area contributed by atoms with Crippen LogP contribution in [0.1, 0.15) is 0 Å². The lowest BCUT2D eigenvalue weighted by Crippen LogP contribution is -2.12. The maximum atomic E-state index is 11.6. The number of methoxy groups -OCH3 is 2. The van der Waals surface area contributed by atoms with E-state index in [1.165, 1.54) is 6.07 Å². The molecule has 19 heavy (non-hydrogen) atoms. The van der Waals surface area contributed by atoms with E-state index in [2.05, 4.69) is 4.98 Å². The molecule has 2 aromatic rings. The second-order valence-electron chi connectivity index (χ2n) is 3.92. The first-order valence-corrected chi connectivity index (χ1v) is 6.01. The molecule has 0 spiro atoms. The molecule has 0 bridgehead atoms. The van der Waals surface area contributed by atoms with Crippen LogP contribution in [0, 0.1) is 4.77 Å². The van der Waals surface area contributed by atoms with Gasteiger partial charge in [-0.2, -0.15) is 0 Å². The fourth-order valence-electron chi connectivity index (χ4n) is 1.90. The van der Waals surface area contributed by atoms with Gasteiger partial charge in [0.15, 0.2) is 4.77 Å². The maximum absolute atomic E-state index is 11.6. The second kappa shape index (κ2) is 5.27. The number of benzene rings is 1. The lowest BCUT2D eigenvalue weighted by Gasteiger charge is -2.15. The number of rotatable bonds is 3. The number of hydrogen-bond donors (Lipinski definition) is 1. The number of nitrogens with one attached hydrogen (secondary N) is 1. The van der Waals surface area contributed by atoms with Gasteiger partial charge in [0.25, 0.3) is 5.56 Å². The zero-order chi connectivity index (χ0) is 14.0. The lowest BCUT2D eigenvalue weighted by atomic mass is 10.1. The highest BCUT2D eigenvalue weighted by atomic mass is 32.1. The minimum absolute atomic E-state index is 0.258. The zero-order valence-electron chi connectivity index (χ0n) is 10.9. The Morgan fingerprint density at radius 3 is 2.32 bits per heavy atom. The van der Waals surface area contributed by atoms with E-state index in [-0.39, 0.29) is 5.56 Å². The Morgan fingerprint density at radius 1 is 1.21 bits per heavy atom. The number of aromatic amines is 1. The standard InChI is InChI=1S/C13H14N2O3S/c1-15-8(7-11(16)14-13(15)19)12-9(17-2)5-4-6-10(12)18-3/h4-7H,1-3H3,(H,14,16,19).